The van der Waals surface area contributed by atoms with Crippen LogP contribution in [0.5, 0.6) is 0 Å². The van der Waals surface area contributed by atoms with E-state index in [1.807, 2.05) is 32.1 Å². The van der Waals surface area contributed by atoms with Crippen molar-refractivity contribution >= 4 is 0 Å². The largest absolute Gasteiger partial charge is 0.324 e. The first-order valence-corrected chi connectivity index (χ1v) is 4.37. The van der Waals surface area contributed by atoms with Gasteiger partial charge >= 0.3 is 0 Å². The highest BCUT2D eigenvalue weighted by Gasteiger charge is 1.93. The molecule has 0 spiro atoms. The molecular weight excluding hydrogens is 146 g/mol. The van der Waals surface area contributed by atoms with Crippen LogP contribution in [-0.2, 0) is 0 Å². The number of rotatable bonds is 4. The second-order valence-electron chi connectivity index (χ2n) is 2.93. The highest BCUT2D eigenvalue weighted by Crippen LogP contribution is 2.07. The van der Waals surface area contributed by atoms with E-state index >= 15 is 0 Å². The number of hydrogen-bond donors (Lipinski definition) is 1. The van der Waals surface area contributed by atoms with Gasteiger partial charge in [0.15, 0.2) is 0 Å². The Morgan fingerprint density at radius 1 is 1.58 bits per heavy atom. The maximum Gasteiger partial charge on any atom is 0.0224 e. The van der Waals surface area contributed by atoms with Crippen LogP contribution < -0.4 is 5.73 Å². The van der Waals surface area contributed by atoms with Crippen LogP contribution in [0.25, 0.3) is 0 Å². The predicted octanol–water partition coefficient (Wildman–Crippen LogP) is 2.80. The lowest BCUT2D eigenvalue weighted by Gasteiger charge is -2.02. The molecule has 1 nitrogen and oxygen atoms in total. The molecule has 0 radical (unpaired) electrons. The van der Waals surface area contributed by atoms with Gasteiger partial charge in [0.1, 0.15) is 0 Å². The van der Waals surface area contributed by atoms with E-state index in [4.69, 9.17) is 5.73 Å². The zero-order chi connectivity index (χ0) is 9.56. The summed E-state index contributed by atoms with van der Waals surface area (Å²) in [5.74, 6) is 0. The predicted molar refractivity (Wildman–Crippen MR) is 56.0 cm³/mol. The Morgan fingerprint density at radius 2 is 2.17 bits per heavy atom. The van der Waals surface area contributed by atoms with Crippen molar-refractivity contribution in [2.45, 2.75) is 33.2 Å². The molecule has 0 bridgehead atoms. The highest BCUT2D eigenvalue weighted by atomic mass is 14.6. The van der Waals surface area contributed by atoms with Gasteiger partial charge in [-0.2, -0.15) is 0 Å². The van der Waals surface area contributed by atoms with Crippen molar-refractivity contribution in [1.82, 2.24) is 0 Å². The Morgan fingerprint density at radius 3 is 2.58 bits per heavy atom. The summed E-state index contributed by atoms with van der Waals surface area (Å²) in [5, 5.41) is 0. The average molecular weight is 165 g/mol. The minimum Gasteiger partial charge on any atom is -0.324 e. The lowest BCUT2D eigenvalue weighted by atomic mass is 10.1. The number of allylic oxidation sites excluding steroid dienone is 4. The van der Waals surface area contributed by atoms with Gasteiger partial charge < -0.3 is 5.73 Å². The summed E-state index contributed by atoms with van der Waals surface area (Å²) in [6, 6.07) is 0.159. The SMILES string of the molecule is C=C(/C=C\C(N)CC)/C(C)=C\C. The van der Waals surface area contributed by atoms with Gasteiger partial charge in [-0.1, -0.05) is 31.7 Å². The van der Waals surface area contributed by atoms with Gasteiger partial charge in [0.2, 0.25) is 0 Å². The quantitative estimate of drug-likeness (QED) is 0.637. The molecule has 0 aromatic carbocycles. The zero-order valence-electron chi connectivity index (χ0n) is 8.30. The lowest BCUT2D eigenvalue weighted by Crippen LogP contribution is -2.14. The van der Waals surface area contributed by atoms with Crippen molar-refractivity contribution in [1.29, 1.82) is 0 Å². The van der Waals surface area contributed by atoms with E-state index in [0.717, 1.165) is 12.0 Å². The van der Waals surface area contributed by atoms with E-state index in [2.05, 4.69) is 13.5 Å². The maximum absolute atomic E-state index is 5.72. The second-order valence-corrected chi connectivity index (χ2v) is 2.93. The molecule has 0 saturated carbocycles. The summed E-state index contributed by atoms with van der Waals surface area (Å²) >= 11 is 0. The second kappa shape index (κ2) is 5.78. The smallest absolute Gasteiger partial charge is 0.0224 e. The molecular formula is C11H19N. The van der Waals surface area contributed by atoms with Gasteiger partial charge in [-0.15, -0.1) is 0 Å². The van der Waals surface area contributed by atoms with Crippen LogP contribution >= 0.6 is 0 Å². The van der Waals surface area contributed by atoms with Crippen molar-refractivity contribution in [2.24, 2.45) is 5.73 Å². The first kappa shape index (κ1) is 11.2. The molecule has 0 aromatic heterocycles. The fourth-order valence-electron chi connectivity index (χ4n) is 0.693. The van der Waals surface area contributed by atoms with Crippen LogP contribution in [0.4, 0.5) is 0 Å². The van der Waals surface area contributed by atoms with Crippen LogP contribution in [0.15, 0.2) is 36.0 Å². The van der Waals surface area contributed by atoms with E-state index in [1.54, 1.807) is 0 Å². The van der Waals surface area contributed by atoms with E-state index in [9.17, 15) is 0 Å². The number of nitrogens with two attached hydrogens (primary N) is 1. The molecule has 12 heavy (non-hydrogen) atoms. The van der Waals surface area contributed by atoms with Crippen LogP contribution in [0.2, 0.25) is 0 Å². The Kier molecular flexibility index (Phi) is 5.39. The van der Waals surface area contributed by atoms with E-state index in [0.29, 0.717) is 0 Å². The van der Waals surface area contributed by atoms with Crippen LogP contribution in [0, 0.1) is 0 Å². The minimum atomic E-state index is 0.159. The third kappa shape index (κ3) is 4.14. The molecule has 1 atom stereocenters. The molecule has 0 aromatic rings. The molecule has 0 aliphatic heterocycles. The van der Waals surface area contributed by atoms with Crippen molar-refractivity contribution in [2.75, 3.05) is 0 Å². The molecule has 0 aliphatic rings. The summed E-state index contributed by atoms with van der Waals surface area (Å²) in [4.78, 5) is 0. The summed E-state index contributed by atoms with van der Waals surface area (Å²) in [5.41, 5.74) is 7.96. The Balaban J connectivity index is 4.09. The van der Waals surface area contributed by atoms with Crippen LogP contribution in [0.3, 0.4) is 0 Å². The monoisotopic (exact) mass is 165 g/mol. The lowest BCUT2D eigenvalue weighted by molar-refractivity contribution is 0.782. The van der Waals surface area contributed by atoms with Crippen molar-refractivity contribution in [3.63, 3.8) is 0 Å². The van der Waals surface area contributed by atoms with Crippen LogP contribution in [0.1, 0.15) is 27.2 Å². The summed E-state index contributed by atoms with van der Waals surface area (Å²) in [7, 11) is 0. The average Bonchev–Trinajstić information content (AvgIpc) is 2.11. The van der Waals surface area contributed by atoms with Crippen molar-refractivity contribution < 1.29 is 0 Å². The Hall–Kier alpha value is -0.820. The van der Waals surface area contributed by atoms with Gasteiger partial charge in [0, 0.05) is 6.04 Å². The summed E-state index contributed by atoms with van der Waals surface area (Å²) in [6.07, 6.45) is 7.00. The summed E-state index contributed by atoms with van der Waals surface area (Å²) < 4.78 is 0. The van der Waals surface area contributed by atoms with E-state index < -0.39 is 0 Å². The molecule has 1 unspecified atom stereocenters. The summed E-state index contributed by atoms with van der Waals surface area (Å²) in [6.45, 7) is 10.0. The third-order valence-corrected chi connectivity index (χ3v) is 1.96. The van der Waals surface area contributed by atoms with Gasteiger partial charge in [-0.25, -0.2) is 0 Å². The maximum atomic E-state index is 5.72. The standard InChI is InChI=1S/C11H19N/c1-5-9(3)10(4)7-8-11(12)6-2/h5,7-8,11H,4,6,12H2,1-3H3/b8-7-,9-5-. The van der Waals surface area contributed by atoms with Gasteiger partial charge in [-0.05, 0) is 31.4 Å². The molecule has 68 valence electrons. The number of hydrogen-bond acceptors (Lipinski definition) is 1. The minimum absolute atomic E-state index is 0.159. The Labute approximate surface area is 75.7 Å². The molecule has 0 amide bonds. The normalized spacial score (nSPS) is 15.2. The van der Waals surface area contributed by atoms with Crippen LogP contribution in [-0.4, -0.2) is 6.04 Å². The topological polar surface area (TPSA) is 26.0 Å². The third-order valence-electron chi connectivity index (χ3n) is 1.96. The Bertz CT molecular complexity index is 199. The fourth-order valence-corrected chi connectivity index (χ4v) is 0.693. The molecule has 0 heterocycles. The molecule has 2 N–H and O–H groups in total. The molecule has 0 rings (SSSR count). The molecule has 0 saturated heterocycles. The van der Waals surface area contributed by atoms with Crippen molar-refractivity contribution in [3.05, 3.63) is 36.0 Å². The highest BCUT2D eigenvalue weighted by molar-refractivity contribution is 5.35. The van der Waals surface area contributed by atoms with Gasteiger partial charge in [0.05, 0.1) is 0 Å². The van der Waals surface area contributed by atoms with Crippen molar-refractivity contribution in [3.8, 4) is 0 Å². The first-order chi connectivity index (χ1) is 5.61. The first-order valence-electron chi connectivity index (χ1n) is 4.37. The van der Waals surface area contributed by atoms with E-state index in [-0.39, 0.29) is 6.04 Å². The van der Waals surface area contributed by atoms with Gasteiger partial charge in [0.25, 0.3) is 0 Å². The van der Waals surface area contributed by atoms with E-state index in [1.165, 1.54) is 5.57 Å². The fraction of sp³-hybridized carbons (Fsp3) is 0.455. The molecule has 0 fully saturated rings. The zero-order valence-corrected chi connectivity index (χ0v) is 8.30. The molecule has 1 heteroatoms. The molecule has 0 aliphatic carbocycles. The van der Waals surface area contributed by atoms with Gasteiger partial charge in [-0.3, -0.25) is 0 Å².